The van der Waals surface area contributed by atoms with Crippen LogP contribution in [0.3, 0.4) is 0 Å². The fourth-order valence-corrected chi connectivity index (χ4v) is 4.34. The molecule has 2 heterocycles. The van der Waals surface area contributed by atoms with Crippen molar-refractivity contribution in [1.29, 1.82) is 0 Å². The highest BCUT2D eigenvalue weighted by molar-refractivity contribution is 9.11. The van der Waals surface area contributed by atoms with Crippen molar-refractivity contribution in [1.82, 2.24) is 5.32 Å². The summed E-state index contributed by atoms with van der Waals surface area (Å²) in [6.07, 6.45) is 2.16. The largest absolute Gasteiger partial charge is 0.372 e. The summed E-state index contributed by atoms with van der Waals surface area (Å²) in [6.45, 7) is 0.813. The van der Waals surface area contributed by atoms with Gasteiger partial charge in [-0.15, -0.1) is 11.3 Å². The molecule has 3 rings (SSSR count). The zero-order chi connectivity index (χ0) is 13.9. The third-order valence-corrected chi connectivity index (χ3v) is 5.46. The summed E-state index contributed by atoms with van der Waals surface area (Å²) in [6, 6.07) is 13.3. The first-order valence-electron chi connectivity index (χ1n) is 6.89. The van der Waals surface area contributed by atoms with Crippen LogP contribution in [0.15, 0.2) is 40.2 Å². The quantitative estimate of drug-likeness (QED) is 0.900. The molecule has 2 nitrogen and oxygen atoms in total. The lowest BCUT2D eigenvalue weighted by Crippen LogP contribution is -2.37. The highest BCUT2D eigenvalue weighted by atomic mass is 79.9. The lowest BCUT2D eigenvalue weighted by molar-refractivity contribution is 0.0174. The SMILES string of the molecule is CNC(Cc1ccc(Br)s1)C1OCCc2ccccc21. The number of ether oxygens (including phenoxy) is 1. The molecule has 2 aromatic rings. The Morgan fingerprint density at radius 2 is 2.20 bits per heavy atom. The minimum absolute atomic E-state index is 0.144. The molecule has 0 radical (unpaired) electrons. The van der Waals surface area contributed by atoms with E-state index in [1.807, 2.05) is 7.05 Å². The maximum Gasteiger partial charge on any atom is 0.0984 e. The molecule has 0 spiro atoms. The average Bonchev–Trinajstić information content (AvgIpc) is 2.89. The molecule has 2 unspecified atom stereocenters. The van der Waals surface area contributed by atoms with Gasteiger partial charge in [-0.1, -0.05) is 24.3 Å². The summed E-state index contributed by atoms with van der Waals surface area (Å²) in [5.74, 6) is 0. The second-order valence-electron chi connectivity index (χ2n) is 5.05. The third-order valence-electron chi connectivity index (χ3n) is 3.82. The lowest BCUT2D eigenvalue weighted by Gasteiger charge is -2.32. The molecule has 0 saturated heterocycles. The number of hydrogen-bond acceptors (Lipinski definition) is 3. The fraction of sp³-hybridized carbons (Fsp3) is 0.375. The van der Waals surface area contributed by atoms with Gasteiger partial charge in [0, 0.05) is 10.9 Å². The van der Waals surface area contributed by atoms with Gasteiger partial charge in [-0.2, -0.15) is 0 Å². The second kappa shape index (κ2) is 6.39. The molecule has 1 aromatic heterocycles. The van der Waals surface area contributed by atoms with Crippen molar-refractivity contribution >= 4 is 27.3 Å². The van der Waals surface area contributed by atoms with Gasteiger partial charge in [-0.25, -0.2) is 0 Å². The van der Waals surface area contributed by atoms with Crippen molar-refractivity contribution in [3.8, 4) is 0 Å². The Hall–Kier alpha value is -0.680. The molecule has 106 valence electrons. The summed E-state index contributed by atoms with van der Waals surface area (Å²) < 4.78 is 7.25. The van der Waals surface area contributed by atoms with E-state index in [0.29, 0.717) is 6.04 Å². The van der Waals surface area contributed by atoms with E-state index in [0.717, 1.165) is 19.4 Å². The van der Waals surface area contributed by atoms with Crippen LogP contribution in [0, 0.1) is 0 Å². The Morgan fingerprint density at radius 1 is 1.35 bits per heavy atom. The standard InChI is InChI=1S/C16H18BrNOS/c1-18-14(10-12-6-7-15(17)20-12)16-13-5-3-2-4-11(13)8-9-19-16/h2-7,14,16,18H,8-10H2,1H3. The predicted molar refractivity (Wildman–Crippen MR) is 87.4 cm³/mol. The van der Waals surface area contributed by atoms with Crippen LogP contribution in [0.1, 0.15) is 22.1 Å². The minimum Gasteiger partial charge on any atom is -0.372 e. The number of benzene rings is 1. The predicted octanol–water partition coefficient (Wildman–Crippen LogP) is 3.96. The molecule has 4 heteroatoms. The van der Waals surface area contributed by atoms with E-state index in [4.69, 9.17) is 4.74 Å². The maximum atomic E-state index is 6.07. The zero-order valence-electron chi connectivity index (χ0n) is 11.4. The van der Waals surface area contributed by atoms with Crippen molar-refractivity contribution < 1.29 is 4.74 Å². The second-order valence-corrected chi connectivity index (χ2v) is 7.59. The first kappa shape index (κ1) is 14.3. The molecule has 0 fully saturated rings. The van der Waals surface area contributed by atoms with Gasteiger partial charge in [0.05, 0.1) is 16.5 Å². The average molecular weight is 352 g/mol. The van der Waals surface area contributed by atoms with Crippen molar-refractivity contribution in [2.75, 3.05) is 13.7 Å². The maximum absolute atomic E-state index is 6.07. The number of thiophene rings is 1. The van der Waals surface area contributed by atoms with E-state index in [-0.39, 0.29) is 6.10 Å². The molecular formula is C16H18BrNOS. The first-order chi connectivity index (χ1) is 9.78. The van der Waals surface area contributed by atoms with Crippen LogP contribution in [-0.2, 0) is 17.6 Å². The van der Waals surface area contributed by atoms with Gasteiger partial charge in [-0.3, -0.25) is 0 Å². The molecule has 1 aliphatic rings. The van der Waals surface area contributed by atoms with Gasteiger partial charge in [0.1, 0.15) is 0 Å². The van der Waals surface area contributed by atoms with Gasteiger partial charge < -0.3 is 10.1 Å². The van der Waals surface area contributed by atoms with Crippen molar-refractivity contribution in [3.05, 3.63) is 56.2 Å². The summed E-state index contributed by atoms with van der Waals surface area (Å²) in [5, 5.41) is 3.44. The Kier molecular flexibility index (Phi) is 4.56. The van der Waals surface area contributed by atoms with E-state index in [9.17, 15) is 0 Å². The Morgan fingerprint density at radius 3 is 2.95 bits per heavy atom. The number of halogens is 1. The molecule has 1 aliphatic heterocycles. The molecule has 0 aliphatic carbocycles. The monoisotopic (exact) mass is 351 g/mol. The molecule has 0 amide bonds. The van der Waals surface area contributed by atoms with Crippen molar-refractivity contribution in [2.45, 2.75) is 25.0 Å². The van der Waals surface area contributed by atoms with Crippen LogP contribution in [-0.4, -0.2) is 19.7 Å². The van der Waals surface area contributed by atoms with Crippen LogP contribution in [0.5, 0.6) is 0 Å². The zero-order valence-corrected chi connectivity index (χ0v) is 13.8. The van der Waals surface area contributed by atoms with Crippen molar-refractivity contribution in [2.24, 2.45) is 0 Å². The van der Waals surface area contributed by atoms with E-state index in [1.165, 1.54) is 19.8 Å². The lowest BCUT2D eigenvalue weighted by atomic mass is 9.91. The Labute approximate surface area is 132 Å². The third kappa shape index (κ3) is 2.98. The Balaban J connectivity index is 1.83. The molecule has 1 aromatic carbocycles. The van der Waals surface area contributed by atoms with Crippen LogP contribution >= 0.6 is 27.3 Å². The number of fused-ring (bicyclic) bond motifs is 1. The van der Waals surface area contributed by atoms with Crippen LogP contribution < -0.4 is 5.32 Å². The summed E-state index contributed by atoms with van der Waals surface area (Å²) in [7, 11) is 2.02. The van der Waals surface area contributed by atoms with Gasteiger partial charge in [0.15, 0.2) is 0 Å². The van der Waals surface area contributed by atoms with Gasteiger partial charge in [0.2, 0.25) is 0 Å². The summed E-state index contributed by atoms with van der Waals surface area (Å²) in [4.78, 5) is 1.38. The molecule has 0 bridgehead atoms. The van der Waals surface area contributed by atoms with Crippen LogP contribution in [0.4, 0.5) is 0 Å². The molecular weight excluding hydrogens is 334 g/mol. The van der Waals surface area contributed by atoms with E-state index >= 15 is 0 Å². The van der Waals surface area contributed by atoms with Gasteiger partial charge >= 0.3 is 0 Å². The highest BCUT2D eigenvalue weighted by Gasteiger charge is 2.28. The van der Waals surface area contributed by atoms with Crippen LogP contribution in [0.25, 0.3) is 0 Å². The number of rotatable bonds is 4. The highest BCUT2D eigenvalue weighted by Crippen LogP contribution is 2.32. The first-order valence-corrected chi connectivity index (χ1v) is 8.50. The smallest absolute Gasteiger partial charge is 0.0984 e. The summed E-state index contributed by atoms with van der Waals surface area (Å²) in [5.41, 5.74) is 2.77. The van der Waals surface area contributed by atoms with Gasteiger partial charge in [-0.05, 0) is 59.1 Å². The molecule has 20 heavy (non-hydrogen) atoms. The van der Waals surface area contributed by atoms with E-state index < -0.39 is 0 Å². The molecule has 1 N–H and O–H groups in total. The number of likely N-dealkylation sites (N-methyl/N-ethyl adjacent to an activating group) is 1. The minimum atomic E-state index is 0.144. The Bertz CT molecular complexity index is 583. The molecule has 0 saturated carbocycles. The fourth-order valence-electron chi connectivity index (χ4n) is 2.80. The van der Waals surface area contributed by atoms with Crippen molar-refractivity contribution in [3.63, 3.8) is 0 Å². The van der Waals surface area contributed by atoms with E-state index in [1.54, 1.807) is 11.3 Å². The normalized spacial score (nSPS) is 19.6. The number of nitrogens with one attached hydrogen (secondary N) is 1. The van der Waals surface area contributed by atoms with Crippen LogP contribution in [0.2, 0.25) is 0 Å². The van der Waals surface area contributed by atoms with E-state index in [2.05, 4.69) is 57.6 Å². The molecule has 2 atom stereocenters. The summed E-state index contributed by atoms with van der Waals surface area (Å²) >= 11 is 5.33. The topological polar surface area (TPSA) is 21.3 Å². The van der Waals surface area contributed by atoms with Gasteiger partial charge in [0.25, 0.3) is 0 Å². The number of hydrogen-bond donors (Lipinski definition) is 1.